The highest BCUT2D eigenvalue weighted by molar-refractivity contribution is 5.69. The van der Waals surface area contributed by atoms with E-state index in [1.54, 1.807) is 0 Å². The lowest BCUT2D eigenvalue weighted by Crippen LogP contribution is -2.17. The van der Waals surface area contributed by atoms with Gasteiger partial charge in [0, 0.05) is 11.8 Å². The Morgan fingerprint density at radius 1 is 0.900 bits per heavy atom. The van der Waals surface area contributed by atoms with E-state index in [4.69, 9.17) is 0 Å². The van der Waals surface area contributed by atoms with E-state index in [1.807, 2.05) is 0 Å². The molecule has 0 aliphatic heterocycles. The van der Waals surface area contributed by atoms with E-state index in [0.717, 1.165) is 18.3 Å². The maximum absolute atomic E-state index is 13.0. The number of alkyl halides is 6. The Kier molecular flexibility index (Phi) is 3.45. The molecule has 0 spiro atoms. The van der Waals surface area contributed by atoms with Crippen LogP contribution in [0, 0.1) is 6.20 Å². The molecule has 0 bridgehead atoms. The highest BCUT2D eigenvalue weighted by atomic mass is 19.4. The molecule has 2 aromatic rings. The van der Waals surface area contributed by atoms with Gasteiger partial charge in [-0.25, -0.2) is 0 Å². The monoisotopic (exact) mass is 290 g/mol. The van der Waals surface area contributed by atoms with Crippen LogP contribution in [0.15, 0.2) is 36.5 Å². The minimum atomic E-state index is -5.12. The summed E-state index contributed by atoms with van der Waals surface area (Å²) in [5.74, 6) is 0. The van der Waals surface area contributed by atoms with Gasteiger partial charge in [0.25, 0.3) is 0 Å². The van der Waals surface area contributed by atoms with Crippen LogP contribution in [0.25, 0.3) is 11.1 Å². The largest absolute Gasteiger partial charge is 0.417 e. The first-order valence-electron chi connectivity index (χ1n) is 5.31. The smallest absolute Gasteiger partial charge is 0.254 e. The average Bonchev–Trinajstić information content (AvgIpc) is 2.37. The van der Waals surface area contributed by atoms with Crippen LogP contribution in [0.5, 0.6) is 0 Å². The van der Waals surface area contributed by atoms with Crippen LogP contribution < -0.4 is 0 Å². The van der Waals surface area contributed by atoms with Gasteiger partial charge in [0.05, 0.1) is 17.3 Å². The third kappa shape index (κ3) is 2.76. The van der Waals surface area contributed by atoms with E-state index in [9.17, 15) is 26.3 Å². The zero-order valence-electron chi connectivity index (χ0n) is 9.68. The second-order valence-electron chi connectivity index (χ2n) is 3.90. The molecule has 1 aromatic heterocycles. The highest BCUT2D eigenvalue weighted by Gasteiger charge is 2.44. The molecular weight excluding hydrogens is 284 g/mol. The first-order chi connectivity index (χ1) is 9.21. The topological polar surface area (TPSA) is 12.9 Å². The highest BCUT2D eigenvalue weighted by Crippen LogP contribution is 2.44. The van der Waals surface area contributed by atoms with Crippen molar-refractivity contribution >= 4 is 0 Å². The Bertz CT molecular complexity index is 600. The molecule has 0 aliphatic carbocycles. The zero-order valence-corrected chi connectivity index (χ0v) is 9.68. The number of hydrogen-bond donors (Lipinski definition) is 0. The molecule has 1 nitrogen and oxygen atoms in total. The molecule has 1 heterocycles. The summed E-state index contributed by atoms with van der Waals surface area (Å²) in [6, 6.07) is 4.78. The van der Waals surface area contributed by atoms with Gasteiger partial charge in [-0.15, -0.1) is 0 Å². The van der Waals surface area contributed by atoms with Gasteiger partial charge in [0.1, 0.15) is 0 Å². The minimum absolute atomic E-state index is 0.0535. The quantitative estimate of drug-likeness (QED) is 0.700. The predicted octanol–water partition coefficient (Wildman–Crippen LogP) is 4.59. The normalized spacial score (nSPS) is 12.5. The van der Waals surface area contributed by atoms with E-state index in [2.05, 4.69) is 11.2 Å². The molecular formula is C13H6F6N. The number of nitrogens with zero attached hydrogens (tertiary/aromatic N) is 1. The molecule has 0 amide bonds. The number of pyridine rings is 1. The summed E-state index contributed by atoms with van der Waals surface area (Å²) >= 11 is 0. The molecule has 0 unspecified atom stereocenters. The van der Waals surface area contributed by atoms with Gasteiger partial charge >= 0.3 is 12.4 Å². The molecule has 1 radical (unpaired) electrons. The van der Waals surface area contributed by atoms with Crippen LogP contribution in [0.4, 0.5) is 26.3 Å². The van der Waals surface area contributed by atoms with E-state index < -0.39 is 29.0 Å². The third-order valence-corrected chi connectivity index (χ3v) is 2.58. The number of aromatic nitrogens is 1. The van der Waals surface area contributed by atoms with Crippen molar-refractivity contribution in [3.63, 3.8) is 0 Å². The van der Waals surface area contributed by atoms with E-state index in [0.29, 0.717) is 6.07 Å². The van der Waals surface area contributed by atoms with Crippen molar-refractivity contribution in [1.29, 1.82) is 0 Å². The molecule has 7 heteroatoms. The fraction of sp³-hybridized carbons (Fsp3) is 0.154. The molecule has 0 atom stereocenters. The summed E-state index contributed by atoms with van der Waals surface area (Å²) in [6.07, 6.45) is -6.83. The van der Waals surface area contributed by atoms with Crippen molar-refractivity contribution in [1.82, 2.24) is 4.98 Å². The summed E-state index contributed by atoms with van der Waals surface area (Å²) in [6.45, 7) is 0. The fourth-order valence-corrected chi connectivity index (χ4v) is 1.81. The van der Waals surface area contributed by atoms with Crippen LogP contribution in [0.1, 0.15) is 11.1 Å². The summed E-state index contributed by atoms with van der Waals surface area (Å²) in [5, 5.41) is 0. The molecule has 0 saturated carbocycles. The van der Waals surface area contributed by atoms with Gasteiger partial charge in [-0.2, -0.15) is 26.3 Å². The van der Waals surface area contributed by atoms with Crippen LogP contribution >= 0.6 is 0 Å². The molecule has 105 valence electrons. The number of halogens is 6. The third-order valence-electron chi connectivity index (χ3n) is 2.58. The van der Waals surface area contributed by atoms with E-state index in [1.165, 1.54) is 12.1 Å². The van der Waals surface area contributed by atoms with Gasteiger partial charge in [-0.3, -0.25) is 4.98 Å². The molecule has 20 heavy (non-hydrogen) atoms. The number of benzene rings is 1. The maximum atomic E-state index is 13.0. The van der Waals surface area contributed by atoms with Crippen molar-refractivity contribution in [2.45, 2.75) is 12.4 Å². The van der Waals surface area contributed by atoms with Gasteiger partial charge in [-0.05, 0) is 17.7 Å². The van der Waals surface area contributed by atoms with Crippen molar-refractivity contribution in [2.24, 2.45) is 0 Å². The summed E-state index contributed by atoms with van der Waals surface area (Å²) in [4.78, 5) is 3.50. The molecule has 0 N–H and O–H groups in total. The van der Waals surface area contributed by atoms with Crippen molar-refractivity contribution in [3.05, 3.63) is 53.9 Å². The van der Waals surface area contributed by atoms with Crippen molar-refractivity contribution in [3.8, 4) is 11.1 Å². The second-order valence-corrected chi connectivity index (χ2v) is 3.90. The molecule has 0 fully saturated rings. The second kappa shape index (κ2) is 4.81. The van der Waals surface area contributed by atoms with Gasteiger partial charge in [0.15, 0.2) is 0 Å². The lowest BCUT2D eigenvalue weighted by molar-refractivity contribution is -0.161. The summed E-state index contributed by atoms with van der Waals surface area (Å²) < 4.78 is 77.2. The lowest BCUT2D eigenvalue weighted by atomic mass is 9.95. The molecule has 0 saturated heterocycles. The molecule has 0 aliphatic rings. The Balaban J connectivity index is 2.77. The van der Waals surface area contributed by atoms with Gasteiger partial charge in [-0.1, -0.05) is 18.2 Å². The molecule has 1 aromatic carbocycles. The Labute approximate surface area is 109 Å². The Hall–Kier alpha value is -2.05. The van der Waals surface area contributed by atoms with Crippen LogP contribution in [-0.4, -0.2) is 4.98 Å². The van der Waals surface area contributed by atoms with Crippen molar-refractivity contribution < 1.29 is 26.3 Å². The summed E-state index contributed by atoms with van der Waals surface area (Å²) in [5.41, 5.74) is -4.04. The lowest BCUT2D eigenvalue weighted by Gasteiger charge is -2.19. The zero-order chi connectivity index (χ0) is 15.0. The first kappa shape index (κ1) is 14.4. The van der Waals surface area contributed by atoms with Gasteiger partial charge < -0.3 is 0 Å². The maximum Gasteiger partial charge on any atom is 0.417 e. The van der Waals surface area contributed by atoms with Crippen LogP contribution in [-0.2, 0) is 12.4 Å². The fourth-order valence-electron chi connectivity index (χ4n) is 1.81. The standard InChI is InChI=1S/C13H6F6N/c14-12(15,16)10-5-1-4-9(11(10)13(17,18)19)8-3-2-6-20-7-8/h1-5,7H. The Morgan fingerprint density at radius 3 is 2.10 bits per heavy atom. The number of hydrogen-bond acceptors (Lipinski definition) is 1. The van der Waals surface area contributed by atoms with Gasteiger partial charge in [0.2, 0.25) is 0 Å². The SMILES string of the molecule is FC(F)(F)c1cccc(-c2cc[c]nc2)c1C(F)(F)F. The predicted molar refractivity (Wildman–Crippen MR) is 58.5 cm³/mol. The Morgan fingerprint density at radius 2 is 1.60 bits per heavy atom. The van der Waals surface area contributed by atoms with E-state index in [-0.39, 0.29) is 5.56 Å². The molecule has 2 rings (SSSR count). The van der Waals surface area contributed by atoms with Crippen LogP contribution in [0.2, 0.25) is 0 Å². The summed E-state index contributed by atoms with van der Waals surface area (Å²) in [7, 11) is 0. The van der Waals surface area contributed by atoms with E-state index >= 15 is 0 Å². The number of rotatable bonds is 1. The minimum Gasteiger partial charge on any atom is -0.254 e. The van der Waals surface area contributed by atoms with Crippen LogP contribution in [0.3, 0.4) is 0 Å². The average molecular weight is 290 g/mol. The first-order valence-corrected chi connectivity index (χ1v) is 5.31. The van der Waals surface area contributed by atoms with Crippen molar-refractivity contribution in [2.75, 3.05) is 0 Å².